The van der Waals surface area contributed by atoms with Crippen LogP contribution >= 0.6 is 0 Å². The summed E-state index contributed by atoms with van der Waals surface area (Å²) in [5.74, 6) is -1.22. The Morgan fingerprint density at radius 3 is 2.48 bits per heavy atom. The number of fused-ring (bicyclic) bond motifs is 4. The third-order valence-electron chi connectivity index (χ3n) is 12.2. The Kier molecular flexibility index (Phi) is 8.38. The molecule has 7 aliphatic rings. The Morgan fingerprint density at radius 2 is 1.78 bits per heavy atom. The number of ether oxygens (including phenoxy) is 6. The van der Waals surface area contributed by atoms with Crippen molar-refractivity contribution in [2.24, 2.45) is 17.3 Å². The van der Waals surface area contributed by atoms with Gasteiger partial charge in [-0.05, 0) is 76.7 Å². The lowest BCUT2D eigenvalue weighted by Gasteiger charge is -2.53. The predicted molar refractivity (Wildman–Crippen MR) is 174 cm³/mol. The summed E-state index contributed by atoms with van der Waals surface area (Å²) >= 11 is 0. The number of cyclic esters (lactones) is 1. The first kappa shape index (κ1) is 35.2. The van der Waals surface area contributed by atoms with Crippen LogP contribution in [0.3, 0.4) is 0 Å². The third kappa shape index (κ3) is 5.25. The molecule has 0 aromatic carbocycles. The number of carbonyl (C=O) groups is 5. The first-order chi connectivity index (χ1) is 23.5. The minimum absolute atomic E-state index is 0.00591. The number of alkyl carbamates (subject to hydrolysis) is 1. The van der Waals surface area contributed by atoms with Crippen molar-refractivity contribution in [3.63, 3.8) is 0 Å². The van der Waals surface area contributed by atoms with Crippen molar-refractivity contribution in [2.75, 3.05) is 19.7 Å². The van der Waals surface area contributed by atoms with Crippen molar-refractivity contribution in [1.82, 2.24) is 16.0 Å². The highest BCUT2D eigenvalue weighted by Gasteiger charge is 3.01. The Balaban J connectivity index is 1.02. The molecule has 7 rings (SSSR count). The van der Waals surface area contributed by atoms with E-state index in [1.54, 1.807) is 20.8 Å². The van der Waals surface area contributed by atoms with Crippen LogP contribution in [0.25, 0.3) is 0 Å². The summed E-state index contributed by atoms with van der Waals surface area (Å²) in [6.07, 6.45) is 1.35. The number of esters is 2. The third-order valence-corrected chi connectivity index (χ3v) is 12.2. The first-order valence-corrected chi connectivity index (χ1v) is 18.2. The summed E-state index contributed by atoms with van der Waals surface area (Å²) in [4.78, 5) is 63.1. The number of amides is 3. The van der Waals surface area contributed by atoms with E-state index in [9.17, 15) is 24.0 Å². The van der Waals surface area contributed by atoms with Crippen LogP contribution in [-0.4, -0.2) is 102 Å². The van der Waals surface area contributed by atoms with Gasteiger partial charge in [0, 0.05) is 31.0 Å². The molecular weight excluding hydrogens is 650 g/mol. The summed E-state index contributed by atoms with van der Waals surface area (Å²) < 4.78 is 37.1. The van der Waals surface area contributed by atoms with E-state index in [2.05, 4.69) is 36.7 Å². The second kappa shape index (κ2) is 11.9. The smallest absolute Gasteiger partial charge is 0.408 e. The topological polar surface area (TPSA) is 187 Å². The van der Waals surface area contributed by atoms with Crippen LogP contribution in [-0.2, 0) is 47.6 Å². The van der Waals surface area contributed by atoms with Crippen LogP contribution in [0.1, 0.15) is 93.4 Å². The fourth-order valence-corrected chi connectivity index (χ4v) is 9.90. The van der Waals surface area contributed by atoms with Crippen molar-refractivity contribution in [2.45, 2.75) is 146 Å². The maximum Gasteiger partial charge on any atom is 0.408 e. The van der Waals surface area contributed by atoms with Gasteiger partial charge >= 0.3 is 18.0 Å². The molecule has 0 aromatic rings. The number of hydrogen-bond donors (Lipinski definition) is 3. The second-order valence-corrected chi connectivity index (χ2v) is 16.6. The average molecular weight is 702 g/mol. The zero-order valence-electron chi connectivity index (χ0n) is 30.1. The summed E-state index contributed by atoms with van der Waals surface area (Å²) in [5, 5.41) is 8.15. The molecule has 2 unspecified atom stereocenters. The Hall–Kier alpha value is -3.23. The van der Waals surface area contributed by atoms with Gasteiger partial charge in [-0.3, -0.25) is 14.4 Å². The number of unbranched alkanes of at least 4 members (excludes halogenated alkanes) is 1. The molecule has 14 heteroatoms. The number of rotatable bonds is 12. The zero-order valence-corrected chi connectivity index (χ0v) is 30.1. The van der Waals surface area contributed by atoms with Crippen LogP contribution in [0.15, 0.2) is 11.1 Å². The number of epoxide rings is 3. The fraction of sp³-hybridized carbons (Fsp3) is 0.806. The Bertz CT molecular complexity index is 1520. The minimum atomic E-state index is -0.896. The molecule has 4 heterocycles. The van der Waals surface area contributed by atoms with Crippen molar-refractivity contribution in [1.29, 1.82) is 0 Å². The molecule has 0 bridgehead atoms. The molecule has 2 spiro atoms. The van der Waals surface area contributed by atoms with Gasteiger partial charge in [0.25, 0.3) is 0 Å². The van der Waals surface area contributed by atoms with E-state index in [0.717, 1.165) is 17.6 Å². The molecule has 2 saturated carbocycles. The maximum absolute atomic E-state index is 13.6. The first-order valence-electron chi connectivity index (χ1n) is 18.2. The normalized spacial score (nSPS) is 38.9. The van der Waals surface area contributed by atoms with Crippen LogP contribution in [0, 0.1) is 17.3 Å². The molecule has 14 nitrogen and oxygen atoms in total. The number of hydrogen-bond acceptors (Lipinski definition) is 11. The molecule has 276 valence electrons. The van der Waals surface area contributed by atoms with Gasteiger partial charge in [-0.1, -0.05) is 20.8 Å². The van der Waals surface area contributed by atoms with Crippen LogP contribution in [0.4, 0.5) is 4.79 Å². The van der Waals surface area contributed by atoms with Gasteiger partial charge in [-0.2, -0.15) is 0 Å². The summed E-state index contributed by atoms with van der Waals surface area (Å²) in [5.41, 5.74) is -1.57. The van der Waals surface area contributed by atoms with Crippen LogP contribution in [0.5, 0.6) is 0 Å². The molecule has 50 heavy (non-hydrogen) atoms. The number of nitrogens with one attached hydrogen (secondary N) is 3. The molecule has 10 atom stereocenters. The average Bonchev–Trinajstić information content (AvgIpc) is 3.93. The molecular formula is C36H51N3O11. The van der Waals surface area contributed by atoms with Gasteiger partial charge in [0.05, 0.1) is 12.5 Å². The lowest BCUT2D eigenvalue weighted by Crippen LogP contribution is -2.70. The van der Waals surface area contributed by atoms with E-state index in [-0.39, 0.29) is 60.4 Å². The Morgan fingerprint density at radius 1 is 1.02 bits per heavy atom. The van der Waals surface area contributed by atoms with Crippen molar-refractivity contribution >= 4 is 29.8 Å². The SMILES string of the molecule is CC(=O)NCCCC[C@H](NC(=O)OC(C)(C)C)C(=O)NCCC(=O)O[C@@H]1[C@@]2(C(C)C)OC2[C@@H]2O[C@]23[C@]12O[C@H]2CC1C2=C(CC[C@@]13C)C(=O)OC2. The van der Waals surface area contributed by atoms with Gasteiger partial charge in [-0.25, -0.2) is 9.59 Å². The van der Waals surface area contributed by atoms with E-state index >= 15 is 0 Å². The lowest BCUT2D eigenvalue weighted by atomic mass is 9.46. The van der Waals surface area contributed by atoms with E-state index in [1.807, 2.05) is 0 Å². The second-order valence-electron chi connectivity index (χ2n) is 16.6. The summed E-state index contributed by atoms with van der Waals surface area (Å²) in [7, 11) is 0. The van der Waals surface area contributed by atoms with Gasteiger partial charge < -0.3 is 44.4 Å². The predicted octanol–water partition coefficient (Wildman–Crippen LogP) is 2.36. The zero-order chi connectivity index (χ0) is 36.0. The van der Waals surface area contributed by atoms with Crippen LogP contribution < -0.4 is 16.0 Å². The lowest BCUT2D eigenvalue weighted by molar-refractivity contribution is -0.169. The standard InChI is InChI=1S/C36H51N3O11/c1-18(2)34-26(48-34)27-36(49-27)33(7)13-11-20-21(17-45-29(20)43)22(33)16-24-35(36,47-24)30(34)46-25(41)12-15-38-28(42)23(10-8-9-14-37-19(3)40)39-31(44)50-32(4,5)6/h18,22-24,26-27,30H,8-17H2,1-7H3,(H,37,40)(H,38,42)(H,39,44)/t22?,23-,24-,26?,27-,30+,33-,34-,35+,36+/m0/s1. The van der Waals surface area contributed by atoms with E-state index in [4.69, 9.17) is 28.4 Å². The monoisotopic (exact) mass is 701 g/mol. The van der Waals surface area contributed by atoms with Gasteiger partial charge in [-0.15, -0.1) is 0 Å². The van der Waals surface area contributed by atoms with Gasteiger partial charge in [0.15, 0.2) is 11.7 Å². The van der Waals surface area contributed by atoms with Crippen molar-refractivity contribution in [3.05, 3.63) is 11.1 Å². The largest absolute Gasteiger partial charge is 0.458 e. The van der Waals surface area contributed by atoms with Gasteiger partial charge in [0.1, 0.15) is 41.7 Å². The highest BCUT2D eigenvalue weighted by Crippen LogP contribution is 2.83. The molecule has 3 aliphatic carbocycles. The Labute approximate surface area is 292 Å². The highest BCUT2D eigenvalue weighted by atomic mass is 16.8. The van der Waals surface area contributed by atoms with Crippen LogP contribution in [0.2, 0.25) is 0 Å². The molecule has 0 aromatic heterocycles. The van der Waals surface area contributed by atoms with E-state index in [1.165, 1.54) is 6.92 Å². The quantitative estimate of drug-likeness (QED) is 0.117. The molecule has 0 radical (unpaired) electrons. The number of carbonyl (C=O) groups excluding carboxylic acids is 5. The van der Waals surface area contributed by atoms with E-state index in [0.29, 0.717) is 45.3 Å². The molecule has 3 amide bonds. The fourth-order valence-electron chi connectivity index (χ4n) is 9.90. The van der Waals surface area contributed by atoms with Gasteiger partial charge in [0.2, 0.25) is 11.8 Å². The molecule has 3 saturated heterocycles. The van der Waals surface area contributed by atoms with Crippen molar-refractivity contribution in [3.8, 4) is 0 Å². The summed E-state index contributed by atoms with van der Waals surface area (Å²) in [6, 6.07) is -0.896. The van der Waals surface area contributed by atoms with E-state index < -0.39 is 52.5 Å². The highest BCUT2D eigenvalue weighted by molar-refractivity contribution is 5.92. The molecule has 4 aliphatic heterocycles. The van der Waals surface area contributed by atoms with Crippen molar-refractivity contribution < 1.29 is 52.4 Å². The maximum atomic E-state index is 13.6. The molecule has 5 fully saturated rings. The minimum Gasteiger partial charge on any atom is -0.458 e. The summed E-state index contributed by atoms with van der Waals surface area (Å²) in [6.45, 7) is 13.7. The molecule has 3 N–H and O–H groups in total.